The third-order valence-corrected chi connectivity index (χ3v) is 6.25. The second kappa shape index (κ2) is 9.28. The van der Waals surface area contributed by atoms with Gasteiger partial charge in [0.15, 0.2) is 0 Å². The third-order valence-electron chi connectivity index (χ3n) is 6.25. The SMILES string of the molecule is O=C(c1cccnc1)N1CCC2(CCCCc3ccccc3OCCOC2=O)CC1. The van der Waals surface area contributed by atoms with Gasteiger partial charge in [0, 0.05) is 25.5 Å². The van der Waals surface area contributed by atoms with Gasteiger partial charge in [-0.15, -0.1) is 0 Å². The van der Waals surface area contributed by atoms with Crippen LogP contribution in [0, 0.1) is 5.41 Å². The maximum atomic E-state index is 13.0. The lowest BCUT2D eigenvalue weighted by atomic mass is 9.74. The summed E-state index contributed by atoms with van der Waals surface area (Å²) in [4.78, 5) is 31.6. The zero-order chi connectivity index (χ0) is 20.8. The van der Waals surface area contributed by atoms with Gasteiger partial charge >= 0.3 is 5.97 Å². The van der Waals surface area contributed by atoms with Crippen molar-refractivity contribution in [1.82, 2.24) is 9.88 Å². The van der Waals surface area contributed by atoms with Crippen LogP contribution in [-0.2, 0) is 16.0 Å². The van der Waals surface area contributed by atoms with Gasteiger partial charge in [0.1, 0.15) is 19.0 Å². The maximum Gasteiger partial charge on any atom is 0.312 e. The number of nitrogens with zero attached hydrogens (tertiary/aromatic N) is 2. The van der Waals surface area contributed by atoms with Crippen LogP contribution in [0.1, 0.15) is 48.0 Å². The molecule has 1 fully saturated rings. The van der Waals surface area contributed by atoms with E-state index in [9.17, 15) is 9.59 Å². The van der Waals surface area contributed by atoms with Crippen molar-refractivity contribution < 1.29 is 19.1 Å². The van der Waals surface area contributed by atoms with Gasteiger partial charge in [-0.3, -0.25) is 14.6 Å². The summed E-state index contributed by atoms with van der Waals surface area (Å²) >= 11 is 0. The summed E-state index contributed by atoms with van der Waals surface area (Å²) in [7, 11) is 0. The lowest BCUT2D eigenvalue weighted by Crippen LogP contribution is -2.47. The molecule has 0 atom stereocenters. The van der Waals surface area contributed by atoms with Gasteiger partial charge in [-0.2, -0.15) is 0 Å². The minimum Gasteiger partial charge on any atom is -0.490 e. The number of pyridine rings is 1. The van der Waals surface area contributed by atoms with E-state index in [1.165, 1.54) is 5.56 Å². The van der Waals surface area contributed by atoms with E-state index < -0.39 is 5.41 Å². The first-order valence-corrected chi connectivity index (χ1v) is 10.8. The van der Waals surface area contributed by atoms with Crippen molar-refractivity contribution in [3.05, 3.63) is 59.9 Å². The van der Waals surface area contributed by atoms with Gasteiger partial charge in [0.05, 0.1) is 11.0 Å². The number of amides is 1. The van der Waals surface area contributed by atoms with E-state index >= 15 is 0 Å². The lowest BCUT2D eigenvalue weighted by Gasteiger charge is -2.40. The van der Waals surface area contributed by atoms with Crippen molar-refractivity contribution in [3.8, 4) is 5.75 Å². The normalized spacial score (nSPS) is 19.6. The van der Waals surface area contributed by atoms with Crippen molar-refractivity contribution in [3.63, 3.8) is 0 Å². The monoisotopic (exact) mass is 408 g/mol. The van der Waals surface area contributed by atoms with E-state index in [4.69, 9.17) is 9.47 Å². The summed E-state index contributed by atoms with van der Waals surface area (Å²) < 4.78 is 11.5. The molecule has 1 saturated heterocycles. The standard InChI is InChI=1S/C24H28N2O4/c27-22(20-8-5-13-25-18-20)26-14-11-24(12-15-26)10-4-3-7-19-6-1-2-9-21(19)29-16-17-30-23(24)28/h1-2,5-6,8-9,13,18H,3-4,7,10-12,14-17H2. The predicted octanol–water partition coefficient (Wildman–Crippen LogP) is 3.65. The minimum absolute atomic E-state index is 0.0236. The summed E-state index contributed by atoms with van der Waals surface area (Å²) in [5, 5.41) is 0. The molecule has 3 heterocycles. The molecule has 0 aliphatic carbocycles. The van der Waals surface area contributed by atoms with Gasteiger partial charge in [0.2, 0.25) is 0 Å². The summed E-state index contributed by atoms with van der Waals surface area (Å²) in [6.45, 7) is 1.71. The second-order valence-electron chi connectivity index (χ2n) is 8.11. The second-order valence-corrected chi connectivity index (χ2v) is 8.11. The number of ether oxygens (including phenoxy) is 2. The minimum atomic E-state index is -0.509. The first-order chi connectivity index (χ1) is 14.7. The fraction of sp³-hybridized carbons (Fsp3) is 0.458. The Morgan fingerprint density at radius 3 is 2.57 bits per heavy atom. The van der Waals surface area contributed by atoms with Crippen molar-refractivity contribution in [2.45, 2.75) is 38.5 Å². The van der Waals surface area contributed by atoms with E-state index in [1.807, 2.05) is 23.1 Å². The van der Waals surface area contributed by atoms with Crippen molar-refractivity contribution >= 4 is 11.9 Å². The van der Waals surface area contributed by atoms with Crippen molar-refractivity contribution in [1.29, 1.82) is 0 Å². The lowest BCUT2D eigenvalue weighted by molar-refractivity contribution is -0.160. The molecule has 4 rings (SSSR count). The molecule has 0 N–H and O–H groups in total. The summed E-state index contributed by atoms with van der Waals surface area (Å²) in [5.41, 5.74) is 1.28. The fourth-order valence-corrected chi connectivity index (χ4v) is 4.43. The first kappa shape index (κ1) is 20.4. The zero-order valence-corrected chi connectivity index (χ0v) is 17.2. The van der Waals surface area contributed by atoms with E-state index in [0.29, 0.717) is 38.1 Å². The van der Waals surface area contributed by atoms with Crippen molar-refractivity contribution in [2.75, 3.05) is 26.3 Å². The summed E-state index contributed by atoms with van der Waals surface area (Å²) in [6, 6.07) is 11.6. The van der Waals surface area contributed by atoms with Crippen LogP contribution in [0.5, 0.6) is 5.75 Å². The molecule has 1 aromatic carbocycles. The molecule has 6 nitrogen and oxygen atoms in total. The van der Waals surface area contributed by atoms with Crippen LogP contribution in [0.3, 0.4) is 0 Å². The van der Waals surface area contributed by atoms with Crippen LogP contribution >= 0.6 is 0 Å². The highest BCUT2D eigenvalue weighted by Gasteiger charge is 2.43. The summed E-state index contributed by atoms with van der Waals surface area (Å²) in [5.74, 6) is 0.712. The molecule has 0 radical (unpaired) electrons. The molecule has 2 aliphatic heterocycles. The van der Waals surface area contributed by atoms with Crippen LogP contribution in [0.4, 0.5) is 0 Å². The number of likely N-dealkylation sites (tertiary alicyclic amines) is 1. The number of aryl methyl sites for hydroxylation is 1. The zero-order valence-electron chi connectivity index (χ0n) is 17.2. The molecule has 2 aliphatic rings. The maximum absolute atomic E-state index is 13.0. The first-order valence-electron chi connectivity index (χ1n) is 10.8. The average Bonchev–Trinajstić information content (AvgIpc) is 2.80. The number of hydrogen-bond donors (Lipinski definition) is 0. The van der Waals surface area contributed by atoms with Crippen molar-refractivity contribution in [2.24, 2.45) is 5.41 Å². The Bertz CT molecular complexity index is 876. The molecule has 30 heavy (non-hydrogen) atoms. The van der Waals surface area contributed by atoms with Gasteiger partial charge in [-0.1, -0.05) is 24.6 Å². The smallest absolute Gasteiger partial charge is 0.312 e. The molecule has 6 heteroatoms. The average molecular weight is 408 g/mol. The number of rotatable bonds is 1. The predicted molar refractivity (Wildman–Crippen MR) is 112 cm³/mol. The number of fused-ring (bicyclic) bond motifs is 1. The Balaban J connectivity index is 1.42. The molecule has 0 bridgehead atoms. The van der Waals surface area contributed by atoms with Crippen LogP contribution < -0.4 is 4.74 Å². The number of aromatic nitrogens is 1. The van der Waals surface area contributed by atoms with Gasteiger partial charge in [-0.05, 0) is 55.9 Å². The molecule has 158 valence electrons. The number of para-hydroxylation sites is 1. The number of cyclic esters (lactones) is 1. The van der Waals surface area contributed by atoms with E-state index in [2.05, 4.69) is 11.1 Å². The van der Waals surface area contributed by atoms with E-state index in [0.717, 1.165) is 31.4 Å². The fourth-order valence-electron chi connectivity index (χ4n) is 4.43. The van der Waals surface area contributed by atoms with Crippen LogP contribution in [0.2, 0.25) is 0 Å². The molecule has 1 aromatic heterocycles. The van der Waals surface area contributed by atoms with E-state index in [-0.39, 0.29) is 18.5 Å². The molecule has 1 spiro atoms. The number of hydrogen-bond acceptors (Lipinski definition) is 5. The molecular weight excluding hydrogens is 380 g/mol. The Morgan fingerprint density at radius 1 is 0.967 bits per heavy atom. The molecule has 2 aromatic rings. The Hall–Kier alpha value is -2.89. The Labute approximate surface area is 177 Å². The van der Waals surface area contributed by atoms with Gasteiger partial charge in [0.25, 0.3) is 5.91 Å². The van der Waals surface area contributed by atoms with Crippen LogP contribution in [-0.4, -0.2) is 48.1 Å². The highest BCUT2D eigenvalue weighted by Crippen LogP contribution is 2.39. The highest BCUT2D eigenvalue weighted by molar-refractivity contribution is 5.94. The third kappa shape index (κ3) is 4.48. The van der Waals surface area contributed by atoms with Gasteiger partial charge in [-0.25, -0.2) is 0 Å². The molecular formula is C24H28N2O4. The number of piperidine rings is 1. The van der Waals surface area contributed by atoms with E-state index in [1.54, 1.807) is 24.5 Å². The summed E-state index contributed by atoms with van der Waals surface area (Å²) in [6.07, 6.45) is 8.19. The highest BCUT2D eigenvalue weighted by atomic mass is 16.6. The largest absolute Gasteiger partial charge is 0.490 e. The van der Waals surface area contributed by atoms with Gasteiger partial charge < -0.3 is 14.4 Å². The Kier molecular flexibility index (Phi) is 6.31. The topological polar surface area (TPSA) is 68.7 Å². The number of carbonyl (C=O) groups is 2. The number of benzene rings is 1. The molecule has 0 unspecified atom stereocenters. The van der Waals surface area contributed by atoms with Crippen LogP contribution in [0.25, 0.3) is 0 Å². The number of esters is 1. The molecule has 1 amide bonds. The molecule has 0 saturated carbocycles. The quantitative estimate of drug-likeness (QED) is 0.674. The number of carbonyl (C=O) groups excluding carboxylic acids is 2. The Morgan fingerprint density at radius 2 is 1.77 bits per heavy atom. The van der Waals surface area contributed by atoms with Crippen LogP contribution in [0.15, 0.2) is 48.8 Å².